The molecule has 7 aliphatic heterocycles. The summed E-state index contributed by atoms with van der Waals surface area (Å²) in [5.74, 6) is 0.855. The summed E-state index contributed by atoms with van der Waals surface area (Å²) in [6, 6.07) is 0. The number of rotatable bonds is 20. The van der Waals surface area contributed by atoms with Gasteiger partial charge in [0.15, 0.2) is 43.5 Å². The van der Waals surface area contributed by atoms with Gasteiger partial charge in [0.05, 0.1) is 58.0 Å². The van der Waals surface area contributed by atoms with Crippen LogP contribution in [0.1, 0.15) is 98.8 Å². The second-order valence-corrected chi connectivity index (χ2v) is 29.1. The van der Waals surface area contributed by atoms with Crippen molar-refractivity contribution in [1.29, 1.82) is 0 Å². The first kappa shape index (κ1) is 73.0. The molecular weight excluding hydrogens is 1240 g/mol. The van der Waals surface area contributed by atoms with Gasteiger partial charge in [-0.2, -0.15) is 0 Å². The van der Waals surface area contributed by atoms with E-state index in [1.165, 1.54) is 6.92 Å². The third-order valence-corrected chi connectivity index (χ3v) is 23.8. The maximum Gasteiger partial charge on any atom is 0.187 e. The highest BCUT2D eigenvalue weighted by Gasteiger charge is 2.69. The summed E-state index contributed by atoms with van der Waals surface area (Å²) >= 11 is 0. The van der Waals surface area contributed by atoms with Crippen molar-refractivity contribution in [2.75, 3.05) is 46.8 Å². The second-order valence-electron chi connectivity index (χ2n) is 29.1. The van der Waals surface area contributed by atoms with Crippen LogP contribution in [-0.4, -0.2) is 324 Å². The molecule has 0 spiro atoms. The van der Waals surface area contributed by atoms with Crippen LogP contribution in [0.2, 0.25) is 0 Å². The molecule has 11 fully saturated rings. The number of methoxy groups -OCH3 is 1. The fourth-order valence-electron chi connectivity index (χ4n) is 18.3. The van der Waals surface area contributed by atoms with Gasteiger partial charge in [-0.15, -0.1) is 0 Å². The zero-order chi connectivity index (χ0) is 67.1. The Hall–Kier alpha value is -1.24. The lowest BCUT2D eigenvalue weighted by Gasteiger charge is -2.61. The van der Waals surface area contributed by atoms with Crippen LogP contribution in [0.4, 0.5) is 0 Å². The predicted molar refractivity (Wildman–Crippen MR) is 308 cm³/mol. The summed E-state index contributed by atoms with van der Waals surface area (Å²) in [6.07, 6.45) is -39.3. The van der Waals surface area contributed by atoms with Crippen LogP contribution in [0.25, 0.3) is 0 Å². The molecule has 7 heterocycles. The number of aliphatic hydroxyl groups excluding tert-OH is 17. The van der Waals surface area contributed by atoms with E-state index in [9.17, 15) is 86.8 Å². The molecule has 4 aliphatic carbocycles. The number of aliphatic hydroxyl groups is 17. The van der Waals surface area contributed by atoms with Gasteiger partial charge in [0.1, 0.15) is 128 Å². The zero-order valence-electron chi connectivity index (χ0n) is 53.5. The Kier molecular flexibility index (Phi) is 23.1. The van der Waals surface area contributed by atoms with E-state index < -0.39 is 217 Å². The summed E-state index contributed by atoms with van der Waals surface area (Å²) < 4.78 is 86.3. The highest BCUT2D eigenvalue weighted by atomic mass is 16.8. The van der Waals surface area contributed by atoms with Crippen molar-refractivity contribution >= 4 is 0 Å². The number of hydrogen-bond acceptors (Lipinski definition) is 31. The summed E-state index contributed by atoms with van der Waals surface area (Å²) in [4.78, 5) is 0. The highest BCUT2D eigenvalue weighted by molar-refractivity contribution is 5.15. The molecule has 0 radical (unpaired) electrons. The monoisotopic (exact) mass is 1340 g/mol. The Balaban J connectivity index is 0.777. The Morgan fingerprint density at radius 2 is 1.03 bits per heavy atom. The first-order valence-corrected chi connectivity index (χ1v) is 33.5. The van der Waals surface area contributed by atoms with Crippen molar-refractivity contribution in [3.05, 3.63) is 0 Å². The molecule has 93 heavy (non-hydrogen) atoms. The summed E-state index contributed by atoms with van der Waals surface area (Å²) in [5.41, 5.74) is -0.106. The molecule has 0 aromatic rings. The molecular formula is C62H104O31. The second kappa shape index (κ2) is 29.4. The van der Waals surface area contributed by atoms with Gasteiger partial charge >= 0.3 is 0 Å². The van der Waals surface area contributed by atoms with Crippen LogP contribution in [0.5, 0.6) is 0 Å². The van der Waals surface area contributed by atoms with E-state index in [1.807, 2.05) is 6.92 Å². The van der Waals surface area contributed by atoms with Crippen LogP contribution >= 0.6 is 0 Å². The Morgan fingerprint density at radius 3 is 1.68 bits per heavy atom. The lowest BCUT2D eigenvalue weighted by atomic mass is 9.44. The van der Waals surface area contributed by atoms with E-state index in [0.29, 0.717) is 43.4 Å². The van der Waals surface area contributed by atoms with Crippen LogP contribution in [-0.2, 0) is 66.3 Å². The summed E-state index contributed by atoms with van der Waals surface area (Å²) in [7, 11) is 1.70. The van der Waals surface area contributed by atoms with Crippen molar-refractivity contribution in [2.24, 2.45) is 52.3 Å². The first-order chi connectivity index (χ1) is 44.1. The Labute approximate surface area is 539 Å². The van der Waals surface area contributed by atoms with Gasteiger partial charge in [0, 0.05) is 19.4 Å². The SMILES string of the molecule is CO[C@]1(CC[C@@H](C)CO[C@@H]2O[C@H](CO)[C@@H](O)[C@H](O)[C@H]2O)O[C@H]2C[C@H]3[C@@H]4CC[C@H]5C[C@@H](O[C@@H]6O[C@H](CO)[C@H](O[C@@H]7O[C@H](CO)[C@@H](O)[C@H](O[C@@H]8OC[C@@H](O)[C@H](O)[C@H]8O)[C@H]7O[C@@H]7OC[C@@H](O)[C@H](O)[C@H]7O)[C@H](O)[C@H]6O[C@@H]6O[C@@H](C)[C@H](O)[C@@H](O)[C@H]6O)CC[C@]5(C)[C@H]4CC[C@]3(C)[C@H]2[C@@H]1C. The van der Waals surface area contributed by atoms with Crippen LogP contribution in [0.3, 0.4) is 0 Å². The van der Waals surface area contributed by atoms with Crippen molar-refractivity contribution in [2.45, 2.75) is 289 Å². The normalized spacial score (nSPS) is 55.4. The van der Waals surface area contributed by atoms with E-state index in [1.54, 1.807) is 7.11 Å². The van der Waals surface area contributed by atoms with Crippen LogP contribution in [0.15, 0.2) is 0 Å². The predicted octanol–water partition coefficient (Wildman–Crippen LogP) is -5.35. The van der Waals surface area contributed by atoms with Gasteiger partial charge in [-0.3, -0.25) is 0 Å². The molecule has 538 valence electrons. The van der Waals surface area contributed by atoms with Crippen molar-refractivity contribution in [3.8, 4) is 0 Å². The van der Waals surface area contributed by atoms with E-state index in [2.05, 4.69) is 20.8 Å². The van der Waals surface area contributed by atoms with E-state index >= 15 is 0 Å². The topological polar surface area (TPSA) is 473 Å². The van der Waals surface area contributed by atoms with Crippen molar-refractivity contribution < 1.29 is 153 Å². The summed E-state index contributed by atoms with van der Waals surface area (Å²) in [6.45, 7) is 7.26. The van der Waals surface area contributed by atoms with Gasteiger partial charge in [-0.25, -0.2) is 0 Å². The lowest BCUT2D eigenvalue weighted by molar-refractivity contribution is -0.408. The molecule has 11 rings (SSSR count). The van der Waals surface area contributed by atoms with Gasteiger partial charge in [-0.1, -0.05) is 27.7 Å². The smallest absolute Gasteiger partial charge is 0.187 e. The number of fused-ring (bicyclic) bond motifs is 7. The van der Waals surface area contributed by atoms with E-state index in [-0.39, 0.29) is 47.2 Å². The molecule has 0 amide bonds. The minimum Gasteiger partial charge on any atom is -0.394 e. The molecule has 0 aromatic heterocycles. The van der Waals surface area contributed by atoms with Crippen molar-refractivity contribution in [1.82, 2.24) is 0 Å². The molecule has 31 heteroatoms. The van der Waals surface area contributed by atoms with E-state index in [4.69, 9.17) is 66.3 Å². The molecule has 40 atom stereocenters. The minimum absolute atomic E-state index is 0.0181. The third-order valence-electron chi connectivity index (χ3n) is 23.8. The number of hydrogen-bond donors (Lipinski definition) is 17. The Morgan fingerprint density at radius 1 is 0.484 bits per heavy atom. The zero-order valence-corrected chi connectivity index (χ0v) is 53.5. The molecule has 0 bridgehead atoms. The highest BCUT2D eigenvalue weighted by Crippen LogP contribution is 2.71. The Bertz CT molecular complexity index is 2410. The van der Waals surface area contributed by atoms with Crippen LogP contribution in [0, 0.1) is 52.3 Å². The average molecular weight is 1350 g/mol. The standard InChI is InChI=1S/C62H104O31/c1-23(20-81-54-47(77)44(74)41(71)34(17-63)86-54)9-14-62(80-6)24(2)37-33(93-62)16-30-28-8-7-26-15-27(10-12-60(26,4)29(28)11-13-61(30,37)5)85-58-52(91-57-48(78)43(73)38(68)25(3)84-57)49(79)50(36(19-65)88-58)89-59-53(92-56-46(76)40(70)32(67)22-83-56)51(42(72)35(18-64)87-59)90-55-45(75)39(69)31(66)21-82-55/h23-59,63-79H,7-22H2,1-6H3/t23-,24+,25+,26+,27+,28-,29+,30+,31-,32-,33+,34-,35-,36-,37+,38+,39+,40+,41-,42-,43-,44+,45-,46-,47-,48-,49+,50+,51+,52-,53-,54-,55+,56+,57+,58-,59+,60+,61+,62-/m1/s1. The molecule has 4 saturated carbocycles. The summed E-state index contributed by atoms with van der Waals surface area (Å²) in [5, 5.41) is 183. The van der Waals surface area contributed by atoms with Crippen molar-refractivity contribution in [3.63, 3.8) is 0 Å². The first-order valence-electron chi connectivity index (χ1n) is 33.5. The fraction of sp³-hybridized carbons (Fsp3) is 1.00. The van der Waals surface area contributed by atoms with Gasteiger partial charge in [-0.05, 0) is 111 Å². The molecule has 7 saturated heterocycles. The fourth-order valence-corrected chi connectivity index (χ4v) is 18.3. The number of ether oxygens (including phenoxy) is 14. The molecule has 31 nitrogen and oxygen atoms in total. The maximum atomic E-state index is 12.7. The minimum atomic E-state index is -1.96. The molecule has 11 aliphatic rings. The van der Waals surface area contributed by atoms with Gasteiger partial charge < -0.3 is 153 Å². The van der Waals surface area contributed by atoms with Gasteiger partial charge in [0.2, 0.25) is 0 Å². The lowest BCUT2D eigenvalue weighted by Crippen LogP contribution is -2.68. The third kappa shape index (κ3) is 13.7. The van der Waals surface area contributed by atoms with E-state index in [0.717, 1.165) is 38.5 Å². The molecule has 0 aromatic carbocycles. The molecule has 17 N–H and O–H groups in total. The average Bonchev–Trinajstić information content (AvgIpc) is 1.56. The van der Waals surface area contributed by atoms with Gasteiger partial charge in [0.25, 0.3) is 0 Å². The maximum absolute atomic E-state index is 12.7. The largest absolute Gasteiger partial charge is 0.394 e. The molecule has 0 unspecified atom stereocenters. The quantitative estimate of drug-likeness (QED) is 0.0506. The van der Waals surface area contributed by atoms with Crippen LogP contribution < -0.4 is 0 Å².